The van der Waals surface area contributed by atoms with E-state index in [1.807, 2.05) is 6.92 Å². The molecule has 0 aliphatic rings. The van der Waals surface area contributed by atoms with Crippen LogP contribution in [0.25, 0.3) is 0 Å². The van der Waals surface area contributed by atoms with Crippen LogP contribution in [0.4, 0.5) is 4.79 Å². The number of carbonyl (C=O) groups excluding carboxylic acids is 3. The number of ether oxygens (including phenoxy) is 1. The SMILES string of the molecule is Cc1ccc(S(=O)(=O)N[C@@H](C)C(=O)O[C@H](C)C(=O)NC(=O)NC(C)(C)C)cc1. The summed E-state index contributed by atoms with van der Waals surface area (Å²) in [5.74, 6) is -1.78. The Labute approximate surface area is 165 Å². The minimum absolute atomic E-state index is 0.00222. The zero-order chi connectivity index (χ0) is 21.7. The average molecular weight is 413 g/mol. The maximum atomic E-state index is 12.3. The lowest BCUT2D eigenvalue weighted by atomic mass is 10.1. The molecule has 0 saturated heterocycles. The van der Waals surface area contributed by atoms with Gasteiger partial charge in [0.2, 0.25) is 10.0 Å². The highest BCUT2D eigenvalue weighted by Crippen LogP contribution is 2.11. The van der Waals surface area contributed by atoms with Crippen molar-refractivity contribution in [2.24, 2.45) is 0 Å². The van der Waals surface area contributed by atoms with Crippen molar-refractivity contribution in [1.29, 1.82) is 0 Å². The summed E-state index contributed by atoms with van der Waals surface area (Å²) in [7, 11) is -3.93. The van der Waals surface area contributed by atoms with Gasteiger partial charge in [-0.1, -0.05) is 17.7 Å². The molecule has 0 fully saturated rings. The van der Waals surface area contributed by atoms with E-state index in [0.29, 0.717) is 0 Å². The molecule has 0 aromatic heterocycles. The summed E-state index contributed by atoms with van der Waals surface area (Å²) in [6.07, 6.45) is -1.29. The summed E-state index contributed by atoms with van der Waals surface area (Å²) in [5.41, 5.74) is 0.342. The summed E-state index contributed by atoms with van der Waals surface area (Å²) < 4.78 is 31.8. The van der Waals surface area contributed by atoms with Gasteiger partial charge in [-0.3, -0.25) is 14.9 Å². The zero-order valence-corrected chi connectivity index (χ0v) is 17.6. The molecule has 0 aliphatic carbocycles. The second-order valence-corrected chi connectivity index (χ2v) is 9.14. The predicted octanol–water partition coefficient (Wildman–Crippen LogP) is 1.22. The molecule has 3 N–H and O–H groups in total. The number of urea groups is 1. The molecule has 0 saturated carbocycles. The van der Waals surface area contributed by atoms with Crippen molar-refractivity contribution in [2.75, 3.05) is 0 Å². The molecule has 2 atom stereocenters. The van der Waals surface area contributed by atoms with Crippen LogP contribution < -0.4 is 15.4 Å². The van der Waals surface area contributed by atoms with Crippen LogP contribution in [0.3, 0.4) is 0 Å². The molecule has 10 heteroatoms. The van der Waals surface area contributed by atoms with Gasteiger partial charge in [0.05, 0.1) is 4.90 Å². The monoisotopic (exact) mass is 413 g/mol. The summed E-state index contributed by atoms with van der Waals surface area (Å²) >= 11 is 0. The van der Waals surface area contributed by atoms with Crippen molar-refractivity contribution >= 4 is 27.9 Å². The molecule has 0 unspecified atom stereocenters. The van der Waals surface area contributed by atoms with Crippen LogP contribution in [0.1, 0.15) is 40.2 Å². The molecule has 156 valence electrons. The van der Waals surface area contributed by atoms with E-state index in [1.54, 1.807) is 32.9 Å². The molecular formula is C18H27N3O6S. The van der Waals surface area contributed by atoms with E-state index >= 15 is 0 Å². The van der Waals surface area contributed by atoms with Gasteiger partial charge in [0.25, 0.3) is 5.91 Å². The fraction of sp³-hybridized carbons (Fsp3) is 0.500. The van der Waals surface area contributed by atoms with E-state index in [2.05, 4.69) is 15.4 Å². The number of hydrogen-bond donors (Lipinski definition) is 3. The summed E-state index contributed by atoms with van der Waals surface area (Å²) in [6, 6.07) is 4.14. The number of hydrogen-bond acceptors (Lipinski definition) is 6. The fourth-order valence-electron chi connectivity index (χ4n) is 1.98. The first kappa shape index (κ1) is 23.6. The number of rotatable bonds is 6. The van der Waals surface area contributed by atoms with Gasteiger partial charge in [-0.15, -0.1) is 0 Å². The van der Waals surface area contributed by atoms with Gasteiger partial charge in [0.1, 0.15) is 6.04 Å². The van der Waals surface area contributed by atoms with Gasteiger partial charge in [-0.25, -0.2) is 13.2 Å². The van der Waals surface area contributed by atoms with Gasteiger partial charge in [0, 0.05) is 5.54 Å². The van der Waals surface area contributed by atoms with E-state index in [-0.39, 0.29) is 4.90 Å². The molecule has 3 amide bonds. The largest absolute Gasteiger partial charge is 0.451 e. The van der Waals surface area contributed by atoms with Crippen molar-refractivity contribution in [1.82, 2.24) is 15.4 Å². The highest BCUT2D eigenvalue weighted by molar-refractivity contribution is 7.89. The Kier molecular flexibility index (Phi) is 7.71. The van der Waals surface area contributed by atoms with Gasteiger partial charge >= 0.3 is 12.0 Å². The lowest BCUT2D eigenvalue weighted by molar-refractivity contribution is -0.155. The van der Waals surface area contributed by atoms with Gasteiger partial charge in [0.15, 0.2) is 6.10 Å². The first-order valence-electron chi connectivity index (χ1n) is 8.64. The highest BCUT2D eigenvalue weighted by Gasteiger charge is 2.27. The second kappa shape index (κ2) is 9.16. The van der Waals surface area contributed by atoms with Gasteiger partial charge < -0.3 is 10.1 Å². The third-order valence-corrected chi connectivity index (χ3v) is 4.96. The summed E-state index contributed by atoms with van der Waals surface area (Å²) in [6.45, 7) is 9.61. The summed E-state index contributed by atoms with van der Waals surface area (Å²) in [5, 5.41) is 4.59. The lowest BCUT2D eigenvalue weighted by Crippen LogP contribution is -2.51. The van der Waals surface area contributed by atoms with Crippen LogP contribution in [-0.2, 0) is 24.3 Å². The van der Waals surface area contributed by atoms with Crippen LogP contribution in [0.15, 0.2) is 29.2 Å². The Balaban J connectivity index is 2.64. The van der Waals surface area contributed by atoms with Crippen LogP contribution in [0, 0.1) is 6.92 Å². The third-order valence-electron chi connectivity index (χ3n) is 3.40. The minimum atomic E-state index is -3.93. The first-order valence-corrected chi connectivity index (χ1v) is 10.1. The van der Waals surface area contributed by atoms with E-state index in [4.69, 9.17) is 4.74 Å². The van der Waals surface area contributed by atoms with Crippen molar-refractivity contribution in [3.63, 3.8) is 0 Å². The molecule has 0 spiro atoms. The van der Waals surface area contributed by atoms with E-state index < -0.39 is 45.6 Å². The third kappa shape index (κ3) is 7.65. The molecule has 0 heterocycles. The van der Waals surface area contributed by atoms with Crippen molar-refractivity contribution < 1.29 is 27.5 Å². The standard InChI is InChI=1S/C18H27N3O6S/c1-11-7-9-14(10-8-11)28(25,26)21-12(2)16(23)27-13(3)15(22)19-17(24)20-18(4,5)6/h7-10,12-13,21H,1-6H3,(H2,19,20,22,24)/t12-,13+/m0/s1. The highest BCUT2D eigenvalue weighted by atomic mass is 32.2. The number of nitrogens with one attached hydrogen (secondary N) is 3. The molecule has 0 bridgehead atoms. The molecule has 9 nitrogen and oxygen atoms in total. The molecule has 0 aliphatic heterocycles. The van der Waals surface area contributed by atoms with E-state index in [1.165, 1.54) is 26.0 Å². The molecule has 1 aromatic carbocycles. The smallest absolute Gasteiger partial charge is 0.324 e. The van der Waals surface area contributed by atoms with E-state index in [9.17, 15) is 22.8 Å². The topological polar surface area (TPSA) is 131 Å². The molecule has 1 rings (SSSR count). The quantitative estimate of drug-likeness (QED) is 0.601. The van der Waals surface area contributed by atoms with Gasteiger partial charge in [-0.05, 0) is 53.7 Å². The Hall–Kier alpha value is -2.46. The number of imide groups is 1. The Morgan fingerprint density at radius 2 is 1.57 bits per heavy atom. The van der Waals surface area contributed by atoms with Crippen molar-refractivity contribution in [3.05, 3.63) is 29.8 Å². The normalized spacial score (nSPS) is 13.9. The first-order chi connectivity index (χ1) is 12.7. The number of carbonyl (C=O) groups is 3. The molecular weight excluding hydrogens is 386 g/mol. The molecule has 1 aromatic rings. The molecule has 28 heavy (non-hydrogen) atoms. The Morgan fingerprint density at radius 1 is 1.04 bits per heavy atom. The Bertz CT molecular complexity index is 828. The zero-order valence-electron chi connectivity index (χ0n) is 16.8. The van der Waals surface area contributed by atoms with Crippen LogP contribution in [0.2, 0.25) is 0 Å². The van der Waals surface area contributed by atoms with Crippen molar-refractivity contribution in [2.45, 2.75) is 64.1 Å². The maximum Gasteiger partial charge on any atom is 0.324 e. The predicted molar refractivity (Wildman–Crippen MR) is 103 cm³/mol. The summed E-state index contributed by atoms with van der Waals surface area (Å²) in [4.78, 5) is 35.7. The second-order valence-electron chi connectivity index (χ2n) is 7.43. The van der Waals surface area contributed by atoms with Crippen LogP contribution in [0.5, 0.6) is 0 Å². The van der Waals surface area contributed by atoms with Crippen molar-refractivity contribution in [3.8, 4) is 0 Å². The van der Waals surface area contributed by atoms with E-state index in [0.717, 1.165) is 5.56 Å². The fourth-order valence-corrected chi connectivity index (χ4v) is 3.17. The minimum Gasteiger partial charge on any atom is -0.451 e. The number of esters is 1. The number of amides is 3. The average Bonchev–Trinajstić information content (AvgIpc) is 2.52. The Morgan fingerprint density at radius 3 is 2.07 bits per heavy atom. The lowest BCUT2D eigenvalue weighted by Gasteiger charge is -2.21. The number of sulfonamides is 1. The van der Waals surface area contributed by atoms with Gasteiger partial charge in [-0.2, -0.15) is 4.72 Å². The number of aryl methyl sites for hydroxylation is 1. The molecule has 0 radical (unpaired) electrons. The number of benzene rings is 1. The van der Waals surface area contributed by atoms with Crippen LogP contribution in [-0.4, -0.2) is 44.0 Å². The van der Waals surface area contributed by atoms with Crippen LogP contribution >= 0.6 is 0 Å². The maximum absolute atomic E-state index is 12.3.